The fourth-order valence-corrected chi connectivity index (χ4v) is 5.92. The highest BCUT2D eigenvalue weighted by molar-refractivity contribution is 5.86. The number of aliphatic hydroxyl groups is 1. The molecule has 1 heterocycles. The molecule has 3 aromatic rings. The van der Waals surface area contributed by atoms with Crippen molar-refractivity contribution >= 4 is 23.9 Å². The number of halogens is 2. The van der Waals surface area contributed by atoms with E-state index in [9.17, 15) is 28.7 Å². The number of carbonyl (C=O) groups excluding carboxylic acids is 3. The molecule has 320 valence electrons. The lowest BCUT2D eigenvalue weighted by Crippen LogP contribution is -2.51. The highest BCUT2D eigenvalue weighted by Gasteiger charge is 2.39. The summed E-state index contributed by atoms with van der Waals surface area (Å²) < 4.78 is 52.7. The SMILES string of the molecule is CC(C)(C)OC(=O)NC(CCN(C(=O)CO)C(c1nc(-c2cc(F)ccc2F)cn1Cc1ccccc1)C(C)(C)C)C(=O)NCCOCCOCCOCCC(=O)O. The maximum atomic E-state index is 15.1. The van der Waals surface area contributed by atoms with Gasteiger partial charge in [-0.05, 0) is 56.4 Å². The van der Waals surface area contributed by atoms with Gasteiger partial charge < -0.3 is 49.3 Å². The van der Waals surface area contributed by atoms with Gasteiger partial charge in [-0.3, -0.25) is 14.4 Å². The van der Waals surface area contributed by atoms with Crippen LogP contribution in [-0.2, 0) is 39.9 Å². The molecule has 0 aliphatic heterocycles. The number of ether oxygens (including phenoxy) is 4. The highest BCUT2D eigenvalue weighted by atomic mass is 19.1. The number of hydrogen-bond donors (Lipinski definition) is 4. The van der Waals surface area contributed by atoms with E-state index in [1.54, 1.807) is 31.5 Å². The molecule has 0 radical (unpaired) electrons. The quantitative estimate of drug-likeness (QED) is 0.0971. The zero-order chi connectivity index (χ0) is 42.9. The summed E-state index contributed by atoms with van der Waals surface area (Å²) in [5, 5.41) is 24.2. The van der Waals surface area contributed by atoms with E-state index in [0.717, 1.165) is 23.8 Å². The van der Waals surface area contributed by atoms with E-state index < -0.39 is 65.2 Å². The van der Waals surface area contributed by atoms with Crippen LogP contribution in [0.15, 0.2) is 54.7 Å². The second kappa shape index (κ2) is 22.8. The van der Waals surface area contributed by atoms with Crippen molar-refractivity contribution < 1.29 is 57.1 Å². The third-order valence-corrected chi connectivity index (χ3v) is 8.46. The minimum absolute atomic E-state index is 0.0733. The molecule has 0 fully saturated rings. The molecule has 17 heteroatoms. The van der Waals surface area contributed by atoms with E-state index in [-0.39, 0.29) is 83.4 Å². The summed E-state index contributed by atoms with van der Waals surface area (Å²) >= 11 is 0. The zero-order valence-electron chi connectivity index (χ0n) is 34.1. The first-order valence-electron chi connectivity index (χ1n) is 19.1. The number of hydrogen-bond acceptors (Lipinski definition) is 10. The van der Waals surface area contributed by atoms with Crippen LogP contribution in [0.25, 0.3) is 11.3 Å². The van der Waals surface area contributed by atoms with Crippen molar-refractivity contribution in [3.63, 3.8) is 0 Å². The van der Waals surface area contributed by atoms with Gasteiger partial charge in [0.25, 0.3) is 0 Å². The summed E-state index contributed by atoms with van der Waals surface area (Å²) in [5.41, 5.74) is -0.721. The second-order valence-corrected chi connectivity index (χ2v) is 15.5. The van der Waals surface area contributed by atoms with Gasteiger partial charge in [-0.1, -0.05) is 51.1 Å². The van der Waals surface area contributed by atoms with Crippen molar-refractivity contribution in [2.75, 3.05) is 59.3 Å². The molecular weight excluding hydrogens is 760 g/mol. The summed E-state index contributed by atoms with van der Waals surface area (Å²) in [7, 11) is 0. The van der Waals surface area contributed by atoms with Gasteiger partial charge in [-0.25, -0.2) is 18.6 Å². The van der Waals surface area contributed by atoms with Crippen LogP contribution in [0.3, 0.4) is 0 Å². The maximum Gasteiger partial charge on any atom is 0.408 e. The fourth-order valence-electron chi connectivity index (χ4n) is 5.92. The minimum Gasteiger partial charge on any atom is -0.481 e. The van der Waals surface area contributed by atoms with Gasteiger partial charge in [0, 0.05) is 31.4 Å². The van der Waals surface area contributed by atoms with E-state index in [1.165, 1.54) is 4.90 Å². The third kappa shape index (κ3) is 16.1. The predicted molar refractivity (Wildman–Crippen MR) is 210 cm³/mol. The van der Waals surface area contributed by atoms with Crippen LogP contribution < -0.4 is 10.6 Å². The van der Waals surface area contributed by atoms with E-state index in [0.29, 0.717) is 5.82 Å². The first-order chi connectivity index (χ1) is 27.4. The molecule has 0 saturated carbocycles. The number of aliphatic hydroxyl groups excluding tert-OH is 1. The Kier molecular flexibility index (Phi) is 18.7. The largest absolute Gasteiger partial charge is 0.481 e. The minimum atomic E-state index is -1.20. The molecule has 58 heavy (non-hydrogen) atoms. The molecule has 2 aromatic carbocycles. The molecule has 1 aromatic heterocycles. The van der Waals surface area contributed by atoms with E-state index in [1.807, 2.05) is 51.1 Å². The van der Waals surface area contributed by atoms with Crippen molar-refractivity contribution in [1.29, 1.82) is 0 Å². The standard InChI is InChI=1S/C41H57F2N5O10/c1-40(2,3)36(37-45-33(30-24-29(42)12-13-31(30)43)26-47(37)25-28-10-8-7-9-11-28)48(34(50)27-49)17-14-32(46-39(54)58-41(4,5)6)38(53)44-16-19-56-21-23-57-22-20-55-18-15-35(51)52/h7-13,24,26,32,36,49H,14-23,25,27H2,1-6H3,(H,44,53)(H,46,54)(H,51,52). The number of amides is 3. The van der Waals surface area contributed by atoms with Crippen molar-refractivity contribution in [2.24, 2.45) is 5.41 Å². The van der Waals surface area contributed by atoms with E-state index >= 15 is 4.39 Å². The van der Waals surface area contributed by atoms with Gasteiger partial charge in [0.15, 0.2) is 0 Å². The molecule has 2 unspecified atom stereocenters. The van der Waals surface area contributed by atoms with Crippen LogP contribution in [-0.4, -0.2) is 120 Å². The molecule has 0 aliphatic carbocycles. The van der Waals surface area contributed by atoms with Crippen molar-refractivity contribution in [3.05, 3.63) is 77.8 Å². The lowest BCUT2D eigenvalue weighted by molar-refractivity contribution is -0.140. The normalized spacial score (nSPS) is 12.8. The Hall–Kier alpha value is -4.97. The molecule has 0 aliphatic rings. The van der Waals surface area contributed by atoms with Crippen LogP contribution in [0.2, 0.25) is 0 Å². The Balaban J connectivity index is 1.83. The predicted octanol–water partition coefficient (Wildman–Crippen LogP) is 4.71. The van der Waals surface area contributed by atoms with Crippen LogP contribution in [0.5, 0.6) is 0 Å². The highest BCUT2D eigenvalue weighted by Crippen LogP contribution is 2.39. The van der Waals surface area contributed by atoms with E-state index in [4.69, 9.17) is 29.0 Å². The molecular formula is C41H57F2N5O10. The molecule has 4 N–H and O–H groups in total. The monoisotopic (exact) mass is 817 g/mol. The molecule has 15 nitrogen and oxygen atoms in total. The number of carboxylic acid groups (broad SMARTS) is 1. The fraction of sp³-hybridized carbons (Fsp3) is 0.537. The lowest BCUT2D eigenvalue weighted by atomic mass is 9.84. The van der Waals surface area contributed by atoms with Gasteiger partial charge in [0.2, 0.25) is 11.8 Å². The van der Waals surface area contributed by atoms with Gasteiger partial charge in [0.1, 0.15) is 35.7 Å². The molecule has 3 amide bonds. The van der Waals surface area contributed by atoms with Gasteiger partial charge in [-0.15, -0.1) is 0 Å². The lowest BCUT2D eigenvalue weighted by Gasteiger charge is -2.40. The smallest absolute Gasteiger partial charge is 0.408 e. The number of benzene rings is 2. The number of nitrogens with one attached hydrogen (secondary N) is 2. The van der Waals surface area contributed by atoms with Crippen molar-refractivity contribution in [1.82, 2.24) is 25.1 Å². The summed E-state index contributed by atoms with van der Waals surface area (Å²) in [6.07, 6.45) is 0.525. The van der Waals surface area contributed by atoms with Gasteiger partial charge in [-0.2, -0.15) is 0 Å². The Morgan fingerprint density at radius 3 is 2.14 bits per heavy atom. The molecule has 2 atom stereocenters. The zero-order valence-corrected chi connectivity index (χ0v) is 34.1. The Morgan fingerprint density at radius 2 is 1.53 bits per heavy atom. The molecule has 0 saturated heterocycles. The Morgan fingerprint density at radius 1 is 0.897 bits per heavy atom. The number of rotatable bonds is 23. The van der Waals surface area contributed by atoms with Crippen LogP contribution in [0, 0.1) is 17.0 Å². The number of nitrogens with zero attached hydrogens (tertiary/aromatic N) is 3. The van der Waals surface area contributed by atoms with Crippen LogP contribution in [0.4, 0.5) is 13.6 Å². The topological polar surface area (TPSA) is 191 Å². The third-order valence-electron chi connectivity index (χ3n) is 8.46. The van der Waals surface area contributed by atoms with Crippen LogP contribution >= 0.6 is 0 Å². The number of aliphatic carboxylic acids is 1. The van der Waals surface area contributed by atoms with Crippen molar-refractivity contribution in [2.45, 2.75) is 78.6 Å². The number of carboxylic acids is 1. The summed E-state index contributed by atoms with van der Waals surface area (Å²) in [5.74, 6) is -3.24. The second-order valence-electron chi connectivity index (χ2n) is 15.5. The maximum absolute atomic E-state index is 15.1. The van der Waals surface area contributed by atoms with E-state index in [2.05, 4.69) is 10.6 Å². The number of alkyl carbamates (subject to hydrolysis) is 1. The molecule has 0 spiro atoms. The number of imidazole rings is 1. The summed E-state index contributed by atoms with van der Waals surface area (Å²) in [6.45, 7) is 11.1. The molecule has 3 rings (SSSR count). The average Bonchev–Trinajstić information content (AvgIpc) is 3.54. The van der Waals surface area contributed by atoms with Gasteiger partial charge >= 0.3 is 12.1 Å². The number of carbonyl (C=O) groups is 4. The summed E-state index contributed by atoms with van der Waals surface area (Å²) in [6, 6.07) is 10.4. The van der Waals surface area contributed by atoms with Gasteiger partial charge in [0.05, 0.1) is 57.8 Å². The average molecular weight is 818 g/mol. The first-order valence-corrected chi connectivity index (χ1v) is 19.1. The summed E-state index contributed by atoms with van der Waals surface area (Å²) in [4.78, 5) is 56.9. The first kappa shape index (κ1) is 47.4. The molecule has 0 bridgehead atoms. The Labute approximate surface area is 338 Å². The number of aromatic nitrogens is 2. The van der Waals surface area contributed by atoms with Crippen molar-refractivity contribution in [3.8, 4) is 11.3 Å². The van der Waals surface area contributed by atoms with Crippen LogP contribution in [0.1, 0.15) is 71.8 Å². The Bertz CT molecular complexity index is 1780.